The molecule has 1 amide bonds. The number of hydrogen-bond acceptors (Lipinski definition) is 2. The quantitative estimate of drug-likeness (QED) is 0.821. The minimum atomic E-state index is -1.01. The fraction of sp³-hybridized carbons (Fsp3) is 0.556. The Morgan fingerprint density at radius 3 is 2.55 bits per heavy atom. The number of aliphatic carboxylic acids is 1. The molecule has 0 radical (unpaired) electrons. The van der Waals surface area contributed by atoms with Gasteiger partial charge in [-0.1, -0.05) is 29.8 Å². The molecular weight excluding hydrogens is 278 g/mol. The van der Waals surface area contributed by atoms with Crippen LogP contribution in [0.1, 0.15) is 50.2 Å². The fourth-order valence-corrected chi connectivity index (χ4v) is 3.08. The molecule has 1 aliphatic heterocycles. The number of carboxylic acids is 1. The molecule has 1 heterocycles. The Hall–Kier alpha value is -1.84. The van der Waals surface area contributed by atoms with Crippen LogP contribution in [0.2, 0.25) is 0 Å². The number of carbonyl (C=O) groups is 2. The summed E-state index contributed by atoms with van der Waals surface area (Å²) in [7, 11) is 0. The van der Waals surface area contributed by atoms with Crippen LogP contribution < -0.4 is 0 Å². The molecule has 2 rings (SSSR count). The second-order valence-electron chi connectivity index (χ2n) is 6.42. The van der Waals surface area contributed by atoms with Gasteiger partial charge in [-0.2, -0.15) is 0 Å². The Bertz CT molecular complexity index is 538. The summed E-state index contributed by atoms with van der Waals surface area (Å²) in [6, 6.07) is 8.45. The van der Waals surface area contributed by atoms with Crippen LogP contribution in [0.3, 0.4) is 0 Å². The summed E-state index contributed by atoms with van der Waals surface area (Å²) in [6.07, 6.45) is 4.49. The Labute approximate surface area is 132 Å². The highest BCUT2D eigenvalue weighted by Gasteiger charge is 2.45. The molecule has 0 spiro atoms. The maximum Gasteiger partial charge on any atom is 0.329 e. The second-order valence-corrected chi connectivity index (χ2v) is 6.42. The van der Waals surface area contributed by atoms with Crippen LogP contribution in [-0.2, 0) is 16.0 Å². The number of rotatable bonds is 6. The van der Waals surface area contributed by atoms with Crippen molar-refractivity contribution in [2.45, 2.75) is 57.9 Å². The number of hydrogen-bond donors (Lipinski definition) is 1. The van der Waals surface area contributed by atoms with Crippen molar-refractivity contribution in [3.05, 3.63) is 35.4 Å². The molecule has 1 atom stereocenters. The minimum Gasteiger partial charge on any atom is -0.480 e. The third-order valence-corrected chi connectivity index (χ3v) is 4.63. The average molecular weight is 303 g/mol. The van der Waals surface area contributed by atoms with Gasteiger partial charge in [-0.05, 0) is 51.5 Å². The number of benzene rings is 1. The molecule has 1 saturated heterocycles. The Balaban J connectivity index is 1.78. The van der Waals surface area contributed by atoms with Gasteiger partial charge in [0.1, 0.15) is 5.54 Å². The number of aryl methyl sites for hydroxylation is 2. The van der Waals surface area contributed by atoms with E-state index in [-0.39, 0.29) is 5.91 Å². The van der Waals surface area contributed by atoms with E-state index >= 15 is 0 Å². The Morgan fingerprint density at radius 2 is 1.91 bits per heavy atom. The maximum atomic E-state index is 12.3. The van der Waals surface area contributed by atoms with Crippen molar-refractivity contribution < 1.29 is 14.7 Å². The monoisotopic (exact) mass is 303 g/mol. The molecular formula is C18H25NO3. The summed E-state index contributed by atoms with van der Waals surface area (Å²) in [4.78, 5) is 25.2. The summed E-state index contributed by atoms with van der Waals surface area (Å²) in [5, 5.41) is 9.34. The van der Waals surface area contributed by atoms with E-state index in [1.807, 2.05) is 0 Å². The summed E-state index contributed by atoms with van der Waals surface area (Å²) in [5.74, 6) is -0.913. The molecule has 0 saturated carbocycles. The third kappa shape index (κ3) is 3.67. The molecule has 1 aromatic carbocycles. The molecule has 0 aliphatic carbocycles. The number of carbonyl (C=O) groups excluding carboxylic acids is 1. The first kappa shape index (κ1) is 16.5. The van der Waals surface area contributed by atoms with E-state index in [9.17, 15) is 14.7 Å². The van der Waals surface area contributed by atoms with Crippen molar-refractivity contribution in [1.82, 2.24) is 4.90 Å². The molecule has 1 unspecified atom stereocenters. The zero-order valence-corrected chi connectivity index (χ0v) is 13.5. The minimum absolute atomic E-state index is 0.0219. The number of carboxylic acid groups (broad SMARTS) is 1. The smallest absolute Gasteiger partial charge is 0.329 e. The van der Waals surface area contributed by atoms with E-state index in [0.717, 1.165) is 25.7 Å². The van der Waals surface area contributed by atoms with Crippen LogP contribution in [0.15, 0.2) is 24.3 Å². The largest absolute Gasteiger partial charge is 0.480 e. The SMILES string of the molecule is Cc1ccc(CCCCC(=O)N2CCCC2(C)C(=O)O)cc1. The lowest BCUT2D eigenvalue weighted by atomic mass is 9.98. The van der Waals surface area contributed by atoms with Crippen LogP contribution in [0, 0.1) is 6.92 Å². The lowest BCUT2D eigenvalue weighted by Gasteiger charge is -2.31. The van der Waals surface area contributed by atoms with E-state index in [1.54, 1.807) is 11.8 Å². The van der Waals surface area contributed by atoms with E-state index in [4.69, 9.17) is 0 Å². The van der Waals surface area contributed by atoms with E-state index in [0.29, 0.717) is 19.4 Å². The highest BCUT2D eigenvalue weighted by atomic mass is 16.4. The third-order valence-electron chi connectivity index (χ3n) is 4.63. The Morgan fingerprint density at radius 1 is 1.23 bits per heavy atom. The van der Waals surface area contributed by atoms with Crippen LogP contribution in [0.4, 0.5) is 0 Å². The molecule has 1 N–H and O–H groups in total. The van der Waals surface area contributed by atoms with Crippen molar-refractivity contribution in [1.29, 1.82) is 0 Å². The van der Waals surface area contributed by atoms with Crippen molar-refractivity contribution in [2.75, 3.05) is 6.54 Å². The summed E-state index contributed by atoms with van der Waals surface area (Å²) in [5.41, 5.74) is 1.53. The summed E-state index contributed by atoms with van der Waals surface area (Å²) >= 11 is 0. The number of unbranched alkanes of at least 4 members (excludes halogenated alkanes) is 1. The number of nitrogens with zero attached hydrogens (tertiary/aromatic N) is 1. The van der Waals surface area contributed by atoms with Gasteiger partial charge in [0, 0.05) is 13.0 Å². The van der Waals surface area contributed by atoms with Crippen molar-refractivity contribution in [3.63, 3.8) is 0 Å². The van der Waals surface area contributed by atoms with Gasteiger partial charge in [0.05, 0.1) is 0 Å². The molecule has 4 nitrogen and oxygen atoms in total. The second kappa shape index (κ2) is 6.95. The highest BCUT2D eigenvalue weighted by Crippen LogP contribution is 2.30. The van der Waals surface area contributed by atoms with Crippen molar-refractivity contribution in [2.24, 2.45) is 0 Å². The van der Waals surface area contributed by atoms with Gasteiger partial charge in [0.25, 0.3) is 0 Å². The molecule has 4 heteroatoms. The summed E-state index contributed by atoms with van der Waals surface area (Å²) in [6.45, 7) is 4.30. The lowest BCUT2D eigenvalue weighted by molar-refractivity contribution is -0.155. The van der Waals surface area contributed by atoms with Crippen LogP contribution >= 0.6 is 0 Å². The van der Waals surface area contributed by atoms with Gasteiger partial charge in [-0.3, -0.25) is 4.79 Å². The van der Waals surface area contributed by atoms with Gasteiger partial charge in [0.2, 0.25) is 5.91 Å². The van der Waals surface area contributed by atoms with E-state index < -0.39 is 11.5 Å². The standard InChI is InChI=1S/C18H25NO3/c1-14-8-10-15(11-9-14)6-3-4-7-16(20)19-13-5-12-18(19,2)17(21)22/h8-11H,3-7,12-13H2,1-2H3,(H,21,22). The van der Waals surface area contributed by atoms with Crippen molar-refractivity contribution >= 4 is 11.9 Å². The molecule has 22 heavy (non-hydrogen) atoms. The van der Waals surface area contributed by atoms with Crippen molar-refractivity contribution in [3.8, 4) is 0 Å². The lowest BCUT2D eigenvalue weighted by Crippen LogP contribution is -2.50. The average Bonchev–Trinajstić information content (AvgIpc) is 2.89. The van der Waals surface area contributed by atoms with Crippen LogP contribution in [0.25, 0.3) is 0 Å². The van der Waals surface area contributed by atoms with Crippen LogP contribution in [-0.4, -0.2) is 34.0 Å². The number of amides is 1. The zero-order valence-electron chi connectivity index (χ0n) is 13.5. The van der Waals surface area contributed by atoms with E-state index in [2.05, 4.69) is 31.2 Å². The van der Waals surface area contributed by atoms with Gasteiger partial charge >= 0.3 is 5.97 Å². The highest BCUT2D eigenvalue weighted by molar-refractivity contribution is 5.87. The van der Waals surface area contributed by atoms with Crippen LogP contribution in [0.5, 0.6) is 0 Å². The van der Waals surface area contributed by atoms with Gasteiger partial charge < -0.3 is 10.0 Å². The molecule has 1 fully saturated rings. The summed E-state index contributed by atoms with van der Waals surface area (Å²) < 4.78 is 0. The predicted octanol–water partition coefficient (Wildman–Crippen LogP) is 3.17. The first-order valence-electron chi connectivity index (χ1n) is 8.03. The topological polar surface area (TPSA) is 57.6 Å². The van der Waals surface area contributed by atoms with Gasteiger partial charge in [0.15, 0.2) is 0 Å². The molecule has 0 bridgehead atoms. The van der Waals surface area contributed by atoms with E-state index in [1.165, 1.54) is 11.1 Å². The molecule has 120 valence electrons. The van der Waals surface area contributed by atoms with Gasteiger partial charge in [-0.15, -0.1) is 0 Å². The molecule has 1 aromatic rings. The Kier molecular flexibility index (Phi) is 5.22. The number of likely N-dealkylation sites (tertiary alicyclic amines) is 1. The first-order chi connectivity index (χ1) is 10.4. The first-order valence-corrected chi connectivity index (χ1v) is 8.03. The molecule has 1 aliphatic rings. The zero-order chi connectivity index (χ0) is 16.2. The van der Waals surface area contributed by atoms with Gasteiger partial charge in [-0.25, -0.2) is 4.79 Å². The normalized spacial score (nSPS) is 21.1. The molecule has 0 aromatic heterocycles. The maximum absolute atomic E-state index is 12.3. The predicted molar refractivity (Wildman–Crippen MR) is 85.7 cm³/mol. The fourth-order valence-electron chi connectivity index (χ4n) is 3.08.